The molecule has 8 rings (SSSR count). The maximum absolute atomic E-state index is 2.46. The molecule has 6 aromatic carbocycles. The molecule has 2 aromatic heterocycles. The fourth-order valence-corrected chi connectivity index (χ4v) is 7.20. The number of aromatic nitrogens is 2. The molecule has 2 heterocycles. The first-order valence-corrected chi connectivity index (χ1v) is 16.4. The molecule has 0 unspecified atom stereocenters. The van der Waals surface area contributed by atoms with Crippen LogP contribution in [-0.2, 0) is 10.8 Å². The summed E-state index contributed by atoms with van der Waals surface area (Å²) in [7, 11) is 0. The molecule has 0 N–H and O–H groups in total. The predicted molar refractivity (Wildman–Crippen MR) is 198 cm³/mol. The Balaban J connectivity index is 1.44. The van der Waals surface area contributed by atoms with E-state index in [1.165, 1.54) is 77.2 Å². The van der Waals surface area contributed by atoms with E-state index in [1.807, 2.05) is 0 Å². The van der Waals surface area contributed by atoms with Crippen molar-refractivity contribution in [2.45, 2.75) is 52.4 Å². The largest absolute Gasteiger partial charge is 0.309 e. The molecular formula is C44H40N2. The van der Waals surface area contributed by atoms with Gasteiger partial charge >= 0.3 is 0 Å². The number of rotatable bonds is 3. The Morgan fingerprint density at radius 2 is 1.00 bits per heavy atom. The number of fused-ring (bicyclic) bond motifs is 6. The van der Waals surface area contributed by atoms with Crippen LogP contribution in [0.3, 0.4) is 0 Å². The summed E-state index contributed by atoms with van der Waals surface area (Å²) in [6.45, 7) is 13.9. The molecule has 8 aromatic rings. The number of nitrogens with zero attached hydrogens (tertiary/aromatic N) is 2. The summed E-state index contributed by atoms with van der Waals surface area (Å²) in [5, 5.41) is 5.16. The summed E-state index contributed by atoms with van der Waals surface area (Å²) < 4.78 is 4.89. The molecule has 0 spiro atoms. The number of para-hydroxylation sites is 3. The average molecular weight is 597 g/mol. The SMILES string of the molecule is CC(C)(C)c1ccc2c(c1)c1ccc(-c3cc(C(C)(C)C)c4c(c3)c3ccccc3n4-c3ccccc3)cc1n2-c1ccccc1. The van der Waals surface area contributed by atoms with Crippen molar-refractivity contribution in [1.82, 2.24) is 9.13 Å². The van der Waals surface area contributed by atoms with E-state index in [1.54, 1.807) is 0 Å². The minimum atomic E-state index is -0.0679. The Morgan fingerprint density at radius 1 is 0.391 bits per heavy atom. The monoisotopic (exact) mass is 596 g/mol. The zero-order valence-corrected chi connectivity index (χ0v) is 27.6. The van der Waals surface area contributed by atoms with Gasteiger partial charge in [-0.2, -0.15) is 0 Å². The van der Waals surface area contributed by atoms with Gasteiger partial charge < -0.3 is 9.13 Å². The van der Waals surface area contributed by atoms with Crippen LogP contribution in [0.1, 0.15) is 52.7 Å². The molecule has 0 atom stereocenters. The van der Waals surface area contributed by atoms with Crippen LogP contribution in [0.5, 0.6) is 0 Å². The highest BCUT2D eigenvalue weighted by Crippen LogP contribution is 2.43. The normalized spacial score (nSPS) is 12.6. The molecule has 226 valence electrons. The van der Waals surface area contributed by atoms with E-state index in [4.69, 9.17) is 0 Å². The number of hydrogen-bond donors (Lipinski definition) is 0. The van der Waals surface area contributed by atoms with Crippen LogP contribution in [0.25, 0.3) is 66.1 Å². The van der Waals surface area contributed by atoms with Crippen LogP contribution < -0.4 is 0 Å². The highest BCUT2D eigenvalue weighted by atomic mass is 15.0. The predicted octanol–water partition coefficient (Wildman–Crippen LogP) is 12.1. The van der Waals surface area contributed by atoms with Crippen molar-refractivity contribution < 1.29 is 0 Å². The summed E-state index contributed by atoms with van der Waals surface area (Å²) in [6, 6.07) is 49.4. The van der Waals surface area contributed by atoms with Crippen LogP contribution in [0.4, 0.5) is 0 Å². The lowest BCUT2D eigenvalue weighted by Gasteiger charge is -2.23. The van der Waals surface area contributed by atoms with Crippen molar-refractivity contribution in [3.8, 4) is 22.5 Å². The van der Waals surface area contributed by atoms with Crippen molar-refractivity contribution in [3.63, 3.8) is 0 Å². The average Bonchev–Trinajstić information content (AvgIpc) is 3.56. The third kappa shape index (κ3) is 4.47. The topological polar surface area (TPSA) is 9.86 Å². The van der Waals surface area contributed by atoms with Gasteiger partial charge in [0.1, 0.15) is 0 Å². The summed E-state index contributed by atoms with van der Waals surface area (Å²) in [4.78, 5) is 0. The lowest BCUT2D eigenvalue weighted by atomic mass is 9.83. The molecule has 46 heavy (non-hydrogen) atoms. The fourth-order valence-electron chi connectivity index (χ4n) is 7.20. The second-order valence-electron chi connectivity index (χ2n) is 14.7. The maximum atomic E-state index is 2.46. The van der Waals surface area contributed by atoms with Gasteiger partial charge in [-0.25, -0.2) is 0 Å². The van der Waals surface area contributed by atoms with Crippen LogP contribution in [0, 0.1) is 0 Å². The molecule has 0 aliphatic carbocycles. The molecular weight excluding hydrogens is 556 g/mol. The van der Waals surface area contributed by atoms with Gasteiger partial charge in [0, 0.05) is 32.9 Å². The first-order valence-electron chi connectivity index (χ1n) is 16.4. The Labute approximate surface area is 271 Å². The van der Waals surface area contributed by atoms with E-state index in [2.05, 4.69) is 184 Å². The van der Waals surface area contributed by atoms with Gasteiger partial charge in [-0.3, -0.25) is 0 Å². The smallest absolute Gasteiger partial charge is 0.0578 e. The van der Waals surface area contributed by atoms with Crippen LogP contribution in [0.15, 0.2) is 133 Å². The summed E-state index contributed by atoms with van der Waals surface area (Å²) in [5.74, 6) is 0. The van der Waals surface area contributed by atoms with E-state index in [9.17, 15) is 0 Å². The Morgan fingerprint density at radius 3 is 1.67 bits per heavy atom. The fraction of sp³-hybridized carbons (Fsp3) is 0.182. The van der Waals surface area contributed by atoms with Gasteiger partial charge in [0.15, 0.2) is 0 Å². The third-order valence-corrected chi connectivity index (χ3v) is 9.57. The molecule has 0 saturated heterocycles. The van der Waals surface area contributed by atoms with E-state index in [-0.39, 0.29) is 10.8 Å². The molecule has 0 saturated carbocycles. The minimum absolute atomic E-state index is 0.0679. The molecule has 0 aliphatic heterocycles. The summed E-state index contributed by atoms with van der Waals surface area (Å²) in [5.41, 5.74) is 12.5. The van der Waals surface area contributed by atoms with Crippen molar-refractivity contribution in [2.75, 3.05) is 0 Å². The third-order valence-electron chi connectivity index (χ3n) is 9.57. The Bertz CT molecular complexity index is 2410. The van der Waals surface area contributed by atoms with Gasteiger partial charge in [-0.05, 0) is 93.7 Å². The second-order valence-corrected chi connectivity index (χ2v) is 14.7. The molecule has 0 fully saturated rings. The number of benzene rings is 6. The summed E-state index contributed by atoms with van der Waals surface area (Å²) >= 11 is 0. The highest BCUT2D eigenvalue weighted by Gasteiger charge is 2.25. The first-order chi connectivity index (χ1) is 22.1. The van der Waals surface area contributed by atoms with E-state index < -0.39 is 0 Å². The van der Waals surface area contributed by atoms with Gasteiger partial charge in [-0.15, -0.1) is 0 Å². The van der Waals surface area contributed by atoms with Crippen LogP contribution >= 0.6 is 0 Å². The molecule has 2 heteroatoms. The highest BCUT2D eigenvalue weighted by molar-refractivity contribution is 6.13. The van der Waals surface area contributed by atoms with E-state index in [0.717, 1.165) is 0 Å². The van der Waals surface area contributed by atoms with Gasteiger partial charge in [-0.1, -0.05) is 114 Å². The first kappa shape index (κ1) is 28.4. The van der Waals surface area contributed by atoms with Crippen molar-refractivity contribution in [2.24, 2.45) is 0 Å². The Kier molecular flexibility index (Phi) is 6.31. The zero-order valence-electron chi connectivity index (χ0n) is 27.6. The lowest BCUT2D eigenvalue weighted by molar-refractivity contribution is 0.591. The number of hydrogen-bond acceptors (Lipinski definition) is 0. The van der Waals surface area contributed by atoms with Crippen molar-refractivity contribution in [1.29, 1.82) is 0 Å². The van der Waals surface area contributed by atoms with Crippen LogP contribution in [-0.4, -0.2) is 9.13 Å². The standard InChI is InChI=1S/C44H40N2/c1-43(2,3)31-22-24-40-36(28-31)35-23-21-29(27-41(35)45(40)32-15-9-7-10-16-32)30-25-37-34-19-13-14-20-39(34)46(33-17-11-8-12-18-33)42(37)38(26-30)44(4,5)6/h7-28H,1-6H3. The Hall–Kier alpha value is -5.08. The molecule has 2 nitrogen and oxygen atoms in total. The van der Waals surface area contributed by atoms with Gasteiger partial charge in [0.05, 0.1) is 22.1 Å². The molecule has 0 radical (unpaired) electrons. The van der Waals surface area contributed by atoms with E-state index >= 15 is 0 Å². The zero-order chi connectivity index (χ0) is 31.8. The van der Waals surface area contributed by atoms with E-state index in [0.29, 0.717) is 0 Å². The maximum Gasteiger partial charge on any atom is 0.0578 e. The quantitative estimate of drug-likeness (QED) is 0.192. The van der Waals surface area contributed by atoms with Gasteiger partial charge in [0.2, 0.25) is 0 Å². The van der Waals surface area contributed by atoms with Crippen LogP contribution in [0.2, 0.25) is 0 Å². The van der Waals surface area contributed by atoms with Crippen molar-refractivity contribution >= 4 is 43.6 Å². The molecule has 0 amide bonds. The summed E-state index contributed by atoms with van der Waals surface area (Å²) in [6.07, 6.45) is 0. The van der Waals surface area contributed by atoms with Crippen molar-refractivity contribution in [3.05, 3.63) is 145 Å². The molecule has 0 bridgehead atoms. The molecule has 0 aliphatic rings. The van der Waals surface area contributed by atoms with Gasteiger partial charge in [0.25, 0.3) is 0 Å². The second kappa shape index (κ2) is 10.2. The lowest BCUT2D eigenvalue weighted by Crippen LogP contribution is -2.13. The minimum Gasteiger partial charge on any atom is -0.309 e.